The average Bonchev–Trinajstić information content (AvgIpc) is 2.30. The van der Waals surface area contributed by atoms with E-state index in [0.29, 0.717) is 5.92 Å². The zero-order chi connectivity index (χ0) is 9.80. The lowest BCUT2D eigenvalue weighted by atomic mass is 9.81. The van der Waals surface area contributed by atoms with Crippen molar-refractivity contribution in [3.63, 3.8) is 0 Å². The summed E-state index contributed by atoms with van der Waals surface area (Å²) < 4.78 is 0. The topological polar surface area (TPSA) is 0 Å². The lowest BCUT2D eigenvalue weighted by molar-refractivity contribution is 0.480. The summed E-state index contributed by atoms with van der Waals surface area (Å²) >= 11 is 3.61. The zero-order valence-corrected chi connectivity index (χ0v) is 9.78. The summed E-state index contributed by atoms with van der Waals surface area (Å²) in [6, 6.07) is 10.8. The van der Waals surface area contributed by atoms with Crippen molar-refractivity contribution in [1.29, 1.82) is 0 Å². The minimum atomic E-state index is 0.615. The molecule has 74 valence electrons. The lowest BCUT2D eigenvalue weighted by Crippen LogP contribution is -2.15. The summed E-state index contributed by atoms with van der Waals surface area (Å²) in [5, 5.41) is 1.11. The third kappa shape index (κ3) is 2.09. The van der Waals surface area contributed by atoms with Crippen molar-refractivity contribution in [2.75, 3.05) is 5.33 Å². The molecule has 0 saturated carbocycles. The number of hydrogen-bond acceptors (Lipinski definition) is 0. The van der Waals surface area contributed by atoms with Crippen LogP contribution in [0.5, 0.6) is 0 Å². The van der Waals surface area contributed by atoms with Crippen molar-refractivity contribution >= 4 is 15.9 Å². The van der Waals surface area contributed by atoms with Crippen LogP contribution in [0, 0.1) is 5.92 Å². The van der Waals surface area contributed by atoms with E-state index in [1.807, 2.05) is 0 Å². The molecular weight excluding hydrogens is 236 g/mol. The number of hydrogen-bond donors (Lipinski definition) is 0. The number of benzene rings is 1. The fraction of sp³-hybridized carbons (Fsp3) is 0.385. The Morgan fingerprint density at radius 2 is 2.00 bits per heavy atom. The standard InChI is InChI=1S/C13H15Br/c14-10-12-8-4-5-9-13(12)11-6-2-1-3-7-11/h1-3,5-7,9,12-13H,4,8,10H2. The van der Waals surface area contributed by atoms with Crippen LogP contribution in [0.3, 0.4) is 0 Å². The average molecular weight is 251 g/mol. The molecule has 2 rings (SSSR count). The van der Waals surface area contributed by atoms with Crippen molar-refractivity contribution in [3.05, 3.63) is 48.0 Å². The molecule has 1 aromatic carbocycles. The van der Waals surface area contributed by atoms with Crippen LogP contribution in [0.15, 0.2) is 42.5 Å². The fourth-order valence-corrected chi connectivity index (χ4v) is 2.85. The van der Waals surface area contributed by atoms with E-state index in [1.165, 1.54) is 18.4 Å². The van der Waals surface area contributed by atoms with Gasteiger partial charge in [-0.3, -0.25) is 0 Å². The maximum Gasteiger partial charge on any atom is 0.00686 e. The van der Waals surface area contributed by atoms with E-state index in [9.17, 15) is 0 Å². The number of alkyl halides is 1. The molecule has 0 aliphatic heterocycles. The maximum absolute atomic E-state index is 3.61. The highest BCUT2D eigenvalue weighted by Gasteiger charge is 2.21. The van der Waals surface area contributed by atoms with Gasteiger partial charge in [-0.25, -0.2) is 0 Å². The predicted octanol–water partition coefficient (Wildman–Crippen LogP) is 4.13. The Labute approximate surface area is 94.2 Å². The molecule has 0 saturated heterocycles. The summed E-state index contributed by atoms with van der Waals surface area (Å²) in [6.07, 6.45) is 7.22. The van der Waals surface area contributed by atoms with Crippen molar-refractivity contribution in [1.82, 2.24) is 0 Å². The highest BCUT2D eigenvalue weighted by atomic mass is 79.9. The Morgan fingerprint density at radius 1 is 1.21 bits per heavy atom. The van der Waals surface area contributed by atoms with Gasteiger partial charge >= 0.3 is 0 Å². The first kappa shape index (κ1) is 9.97. The Balaban J connectivity index is 2.23. The van der Waals surface area contributed by atoms with E-state index in [2.05, 4.69) is 58.4 Å². The van der Waals surface area contributed by atoms with E-state index in [1.54, 1.807) is 0 Å². The van der Waals surface area contributed by atoms with Crippen LogP contribution >= 0.6 is 15.9 Å². The van der Waals surface area contributed by atoms with Crippen molar-refractivity contribution in [3.8, 4) is 0 Å². The van der Waals surface area contributed by atoms with Crippen LogP contribution in [-0.4, -0.2) is 5.33 Å². The van der Waals surface area contributed by atoms with Gasteiger partial charge in [0.15, 0.2) is 0 Å². The molecule has 1 heteroatoms. The molecule has 0 bridgehead atoms. The third-order valence-electron chi connectivity index (χ3n) is 2.94. The van der Waals surface area contributed by atoms with Gasteiger partial charge in [0, 0.05) is 11.2 Å². The van der Waals surface area contributed by atoms with E-state index in [-0.39, 0.29) is 0 Å². The first-order chi connectivity index (χ1) is 6.92. The molecule has 0 radical (unpaired) electrons. The first-order valence-corrected chi connectivity index (χ1v) is 6.31. The summed E-state index contributed by atoms with van der Waals surface area (Å²) in [6.45, 7) is 0. The molecular formula is C13H15Br. The second-order valence-corrected chi connectivity index (χ2v) is 4.50. The summed E-state index contributed by atoms with van der Waals surface area (Å²) in [5.41, 5.74) is 1.45. The first-order valence-electron chi connectivity index (χ1n) is 5.19. The largest absolute Gasteiger partial charge is 0.0925 e. The van der Waals surface area contributed by atoms with Gasteiger partial charge in [-0.1, -0.05) is 58.4 Å². The molecule has 1 aromatic rings. The Morgan fingerprint density at radius 3 is 2.71 bits per heavy atom. The fourth-order valence-electron chi connectivity index (χ4n) is 2.12. The third-order valence-corrected chi connectivity index (χ3v) is 3.77. The van der Waals surface area contributed by atoms with Crippen LogP contribution in [-0.2, 0) is 0 Å². The summed E-state index contributed by atoms with van der Waals surface area (Å²) in [5.74, 6) is 1.38. The van der Waals surface area contributed by atoms with Crippen LogP contribution < -0.4 is 0 Å². The van der Waals surface area contributed by atoms with Gasteiger partial charge in [0.2, 0.25) is 0 Å². The monoisotopic (exact) mass is 250 g/mol. The van der Waals surface area contributed by atoms with E-state index >= 15 is 0 Å². The minimum Gasteiger partial charge on any atom is -0.0925 e. The maximum atomic E-state index is 3.61. The second-order valence-electron chi connectivity index (χ2n) is 3.86. The molecule has 0 nitrogen and oxygen atoms in total. The summed E-state index contributed by atoms with van der Waals surface area (Å²) in [4.78, 5) is 0. The highest BCUT2D eigenvalue weighted by molar-refractivity contribution is 9.09. The molecule has 1 aliphatic rings. The van der Waals surface area contributed by atoms with Gasteiger partial charge in [-0.05, 0) is 24.3 Å². The molecule has 14 heavy (non-hydrogen) atoms. The van der Waals surface area contributed by atoms with Crippen molar-refractivity contribution in [2.24, 2.45) is 5.92 Å². The van der Waals surface area contributed by atoms with Crippen LogP contribution in [0.25, 0.3) is 0 Å². The van der Waals surface area contributed by atoms with Gasteiger partial charge in [0.25, 0.3) is 0 Å². The van der Waals surface area contributed by atoms with Crippen LogP contribution in [0.4, 0.5) is 0 Å². The van der Waals surface area contributed by atoms with Gasteiger partial charge < -0.3 is 0 Å². The Kier molecular flexibility index (Phi) is 3.41. The van der Waals surface area contributed by atoms with E-state index < -0.39 is 0 Å². The SMILES string of the molecule is BrCC1CCC=CC1c1ccccc1. The number of rotatable bonds is 2. The molecule has 0 heterocycles. The smallest absolute Gasteiger partial charge is 0.00686 e. The van der Waals surface area contributed by atoms with Gasteiger partial charge in [0.1, 0.15) is 0 Å². The molecule has 0 N–H and O–H groups in total. The van der Waals surface area contributed by atoms with Gasteiger partial charge in [-0.15, -0.1) is 0 Å². The van der Waals surface area contributed by atoms with Gasteiger partial charge in [0.05, 0.1) is 0 Å². The zero-order valence-electron chi connectivity index (χ0n) is 8.20. The van der Waals surface area contributed by atoms with Crippen LogP contribution in [0.2, 0.25) is 0 Å². The molecule has 2 unspecified atom stereocenters. The molecule has 0 amide bonds. The van der Waals surface area contributed by atoms with Gasteiger partial charge in [-0.2, -0.15) is 0 Å². The van der Waals surface area contributed by atoms with Crippen molar-refractivity contribution in [2.45, 2.75) is 18.8 Å². The molecule has 1 aliphatic carbocycles. The Hall–Kier alpha value is -0.560. The normalized spacial score (nSPS) is 26.4. The van der Waals surface area contributed by atoms with Crippen molar-refractivity contribution < 1.29 is 0 Å². The second kappa shape index (κ2) is 4.79. The van der Waals surface area contributed by atoms with Crippen LogP contribution in [0.1, 0.15) is 24.3 Å². The number of allylic oxidation sites excluding steroid dienone is 2. The lowest BCUT2D eigenvalue weighted by Gasteiger charge is -2.26. The summed E-state index contributed by atoms with van der Waals surface area (Å²) in [7, 11) is 0. The van der Waals surface area contributed by atoms with E-state index in [4.69, 9.17) is 0 Å². The molecule has 0 spiro atoms. The molecule has 0 aromatic heterocycles. The minimum absolute atomic E-state index is 0.615. The van der Waals surface area contributed by atoms with E-state index in [0.717, 1.165) is 11.2 Å². The Bertz CT molecular complexity index is 302. The highest BCUT2D eigenvalue weighted by Crippen LogP contribution is 2.34. The quantitative estimate of drug-likeness (QED) is 0.547. The predicted molar refractivity (Wildman–Crippen MR) is 64.8 cm³/mol. The molecule has 2 atom stereocenters. The number of halogens is 1. The molecule has 0 fully saturated rings.